The van der Waals surface area contributed by atoms with E-state index in [0.29, 0.717) is 36.5 Å². The quantitative estimate of drug-likeness (QED) is 0.284. The Balaban J connectivity index is 0.00000277. The molecule has 2 bridgehead atoms. The van der Waals surface area contributed by atoms with Crippen LogP contribution in [0, 0.1) is 16.0 Å². The molecule has 0 aromatic heterocycles. The number of nitrogens with one attached hydrogen (secondary N) is 1. The number of halogens is 1. The Morgan fingerprint density at radius 1 is 1.21 bits per heavy atom. The monoisotopic (exact) mass is 553 g/mol. The summed E-state index contributed by atoms with van der Waals surface area (Å²) >= 11 is 0. The van der Waals surface area contributed by atoms with Crippen LogP contribution in [0.3, 0.4) is 0 Å². The molecule has 9 nitrogen and oxygen atoms in total. The summed E-state index contributed by atoms with van der Waals surface area (Å²) in [6.45, 7) is 1.85. The lowest BCUT2D eigenvalue weighted by Crippen LogP contribution is -2.78. The molecule has 10 heteroatoms. The first-order valence-electron chi connectivity index (χ1n) is 13.5. The molecule has 3 fully saturated rings. The van der Waals surface area contributed by atoms with E-state index in [1.165, 1.54) is 31.1 Å². The van der Waals surface area contributed by atoms with Gasteiger partial charge in [0, 0.05) is 30.3 Å². The molecular formula is C29H32ClN3O6. The summed E-state index contributed by atoms with van der Waals surface area (Å²) in [5, 5.41) is 37.6. The Bertz CT molecular complexity index is 1380. The summed E-state index contributed by atoms with van der Waals surface area (Å²) in [6.07, 6.45) is 7.22. The van der Waals surface area contributed by atoms with Gasteiger partial charge in [0.1, 0.15) is 6.10 Å². The third-order valence-electron chi connectivity index (χ3n) is 9.64. The first-order chi connectivity index (χ1) is 18.3. The van der Waals surface area contributed by atoms with Crippen molar-refractivity contribution in [3.63, 3.8) is 0 Å². The molecule has 0 unspecified atom stereocenters. The zero-order valence-electron chi connectivity index (χ0n) is 21.4. The van der Waals surface area contributed by atoms with E-state index in [4.69, 9.17) is 4.74 Å². The van der Waals surface area contributed by atoms with E-state index in [2.05, 4.69) is 10.2 Å². The molecule has 5 atom stereocenters. The molecule has 7 rings (SSSR count). The van der Waals surface area contributed by atoms with Gasteiger partial charge in [-0.25, -0.2) is 0 Å². The van der Waals surface area contributed by atoms with Gasteiger partial charge in [-0.2, -0.15) is 0 Å². The maximum absolute atomic E-state index is 13.0. The highest BCUT2D eigenvalue weighted by molar-refractivity contribution is 5.92. The zero-order valence-corrected chi connectivity index (χ0v) is 22.2. The second-order valence-corrected chi connectivity index (χ2v) is 11.6. The minimum Gasteiger partial charge on any atom is -0.504 e. The van der Waals surface area contributed by atoms with Gasteiger partial charge in [0.25, 0.3) is 5.69 Å². The van der Waals surface area contributed by atoms with Gasteiger partial charge in [-0.15, -0.1) is 12.4 Å². The van der Waals surface area contributed by atoms with Crippen molar-refractivity contribution >= 4 is 30.1 Å². The summed E-state index contributed by atoms with van der Waals surface area (Å²) in [4.78, 5) is 26.4. The number of piperidine rings is 1. The normalized spacial score (nSPS) is 32.2. The third kappa shape index (κ3) is 3.77. The summed E-state index contributed by atoms with van der Waals surface area (Å²) in [7, 11) is 0. The highest BCUT2D eigenvalue weighted by atomic mass is 35.5. The van der Waals surface area contributed by atoms with E-state index >= 15 is 0 Å². The topological polar surface area (TPSA) is 125 Å². The minimum atomic E-state index is -1.02. The summed E-state index contributed by atoms with van der Waals surface area (Å²) in [5.74, 6) is 0.840. The fourth-order valence-electron chi connectivity index (χ4n) is 7.82. The van der Waals surface area contributed by atoms with Crippen LogP contribution in [0.4, 0.5) is 5.69 Å². The Morgan fingerprint density at radius 2 is 2.00 bits per heavy atom. The average Bonchev–Trinajstić information content (AvgIpc) is 3.64. The van der Waals surface area contributed by atoms with Crippen LogP contribution in [0.1, 0.15) is 48.8 Å². The van der Waals surface area contributed by atoms with Crippen LogP contribution in [0.5, 0.6) is 11.5 Å². The number of nitrogens with zero attached hydrogens (tertiary/aromatic N) is 2. The number of nitro benzene ring substituents is 1. The van der Waals surface area contributed by atoms with Gasteiger partial charge in [-0.3, -0.25) is 19.8 Å². The van der Waals surface area contributed by atoms with Crippen molar-refractivity contribution in [2.24, 2.45) is 5.92 Å². The molecule has 0 radical (unpaired) electrons. The molecule has 1 saturated heterocycles. The summed E-state index contributed by atoms with van der Waals surface area (Å²) in [6, 6.07) is 9.51. The van der Waals surface area contributed by atoms with Crippen LogP contribution in [0.25, 0.3) is 6.08 Å². The largest absolute Gasteiger partial charge is 0.504 e. The van der Waals surface area contributed by atoms with E-state index < -0.39 is 22.0 Å². The molecule has 2 heterocycles. The maximum atomic E-state index is 13.0. The second-order valence-electron chi connectivity index (χ2n) is 11.6. The van der Waals surface area contributed by atoms with E-state index in [1.807, 2.05) is 6.07 Å². The smallest absolute Gasteiger partial charge is 0.276 e. The molecule has 5 aliphatic rings. The first kappa shape index (κ1) is 26.1. The molecule has 2 aromatic carbocycles. The lowest BCUT2D eigenvalue weighted by Gasteiger charge is -2.64. The van der Waals surface area contributed by atoms with Crippen molar-refractivity contribution < 1.29 is 24.7 Å². The summed E-state index contributed by atoms with van der Waals surface area (Å²) < 4.78 is 6.47. The number of hydrogen-bond acceptors (Lipinski definition) is 7. The van der Waals surface area contributed by atoms with Crippen molar-refractivity contribution in [3.05, 3.63) is 69.3 Å². The second kappa shape index (κ2) is 9.21. The molecular weight excluding hydrogens is 522 g/mol. The Hall–Kier alpha value is -3.14. The molecule has 39 heavy (non-hydrogen) atoms. The van der Waals surface area contributed by atoms with Gasteiger partial charge in [-0.05, 0) is 74.8 Å². The van der Waals surface area contributed by atoms with Crippen LogP contribution in [0.15, 0.2) is 42.5 Å². The van der Waals surface area contributed by atoms with Gasteiger partial charge in [-0.1, -0.05) is 18.2 Å². The van der Waals surface area contributed by atoms with E-state index in [-0.39, 0.29) is 41.8 Å². The van der Waals surface area contributed by atoms with E-state index in [0.717, 1.165) is 30.6 Å². The van der Waals surface area contributed by atoms with Gasteiger partial charge >= 0.3 is 0 Å². The fraction of sp³-hybridized carbons (Fsp3) is 0.483. The van der Waals surface area contributed by atoms with Crippen LogP contribution in [-0.2, 0) is 16.6 Å². The van der Waals surface area contributed by atoms with Crippen LogP contribution >= 0.6 is 12.4 Å². The van der Waals surface area contributed by atoms with E-state index in [9.17, 15) is 25.1 Å². The lowest BCUT2D eigenvalue weighted by atomic mass is 9.48. The number of amides is 1. The minimum absolute atomic E-state index is 0. The molecule has 1 spiro atoms. The number of aromatic hydroxyl groups is 1. The SMILES string of the molecule is Cl.O=C(/C=C/c1ccccc1[N+](=O)[O-])N[C@@H]1CC[C@@]2(O)[C@H]3Cc4ccc(O)c5c4[C@@]2(CCN3CC2CC2)[C@H]1O5. The number of hydrogen-bond donors (Lipinski definition) is 3. The van der Waals surface area contributed by atoms with Crippen molar-refractivity contribution in [3.8, 4) is 11.5 Å². The number of phenolic OH excluding ortho intramolecular Hbond substituents is 1. The predicted molar refractivity (Wildman–Crippen MR) is 146 cm³/mol. The van der Waals surface area contributed by atoms with Crippen LogP contribution in [-0.4, -0.2) is 62.8 Å². The highest BCUT2D eigenvalue weighted by Gasteiger charge is 2.73. The molecule has 1 amide bonds. The number of aliphatic hydroxyl groups is 1. The number of phenols is 1. The molecule has 206 valence electrons. The number of carbonyl (C=O) groups excluding carboxylic acids is 1. The average molecular weight is 554 g/mol. The van der Waals surface area contributed by atoms with Gasteiger partial charge in [0.15, 0.2) is 11.5 Å². The molecule has 2 aliphatic heterocycles. The number of rotatable bonds is 6. The van der Waals surface area contributed by atoms with Crippen molar-refractivity contribution in [1.29, 1.82) is 0 Å². The first-order valence-corrected chi connectivity index (χ1v) is 13.5. The third-order valence-corrected chi connectivity index (χ3v) is 9.64. The molecule has 2 aromatic rings. The van der Waals surface area contributed by atoms with Crippen molar-refractivity contribution in [2.75, 3.05) is 13.1 Å². The molecule has 2 saturated carbocycles. The number of benzene rings is 2. The Morgan fingerprint density at radius 3 is 2.77 bits per heavy atom. The molecule has 3 aliphatic carbocycles. The van der Waals surface area contributed by atoms with Crippen LogP contribution < -0.4 is 10.1 Å². The van der Waals surface area contributed by atoms with Gasteiger partial charge in [0.05, 0.1) is 27.5 Å². The number of para-hydroxylation sites is 1. The summed E-state index contributed by atoms with van der Waals surface area (Å²) in [5.41, 5.74) is 0.583. The zero-order chi connectivity index (χ0) is 26.2. The number of ether oxygens (including phenoxy) is 1. The Labute approximate surface area is 232 Å². The Kier molecular flexibility index (Phi) is 6.17. The van der Waals surface area contributed by atoms with Crippen molar-refractivity contribution in [1.82, 2.24) is 10.2 Å². The van der Waals surface area contributed by atoms with Gasteiger partial charge < -0.3 is 20.3 Å². The highest BCUT2D eigenvalue weighted by Crippen LogP contribution is 2.65. The number of nitro groups is 1. The number of likely N-dealkylation sites (tertiary alicyclic amines) is 1. The maximum Gasteiger partial charge on any atom is 0.276 e. The fourth-order valence-corrected chi connectivity index (χ4v) is 7.82. The van der Waals surface area contributed by atoms with E-state index in [1.54, 1.807) is 24.3 Å². The van der Waals surface area contributed by atoms with Crippen molar-refractivity contribution in [2.45, 2.75) is 67.7 Å². The predicted octanol–water partition coefficient (Wildman–Crippen LogP) is 3.48. The molecule has 3 N–H and O–H groups in total. The standard InChI is InChI=1S/C29H31N3O6.ClH/c33-22-9-7-19-15-23-29(35)12-11-20(30-24(34)10-8-18-3-1-2-4-21(18)32(36)37)27-28(29,25(19)26(22)38-27)13-14-31(23)16-17-5-6-17;/h1-4,7-10,17,20,23,27,33,35H,5-6,11-16H2,(H,30,34);1H/b10-8+;/t20-,23-,27+,28+,29-;/m1./s1. The number of carbonyl (C=O) groups is 1. The van der Waals surface area contributed by atoms with Gasteiger partial charge in [0.2, 0.25) is 5.91 Å². The lowest BCUT2D eigenvalue weighted by molar-refractivity contribution is -0.385. The van der Waals surface area contributed by atoms with Crippen LogP contribution in [0.2, 0.25) is 0 Å².